The van der Waals surface area contributed by atoms with Crippen LogP contribution in [0.1, 0.15) is 60.6 Å². The van der Waals surface area contributed by atoms with E-state index in [1.165, 1.54) is 22.5 Å². The van der Waals surface area contributed by atoms with Crippen LogP contribution in [-0.4, -0.2) is 37.3 Å². The molecule has 0 fully saturated rings. The highest BCUT2D eigenvalue weighted by molar-refractivity contribution is 7.92. The maximum Gasteiger partial charge on any atom is 0.251 e. The Labute approximate surface area is 239 Å². The van der Waals surface area contributed by atoms with E-state index in [1.54, 1.807) is 38.1 Å². The second-order valence-electron chi connectivity index (χ2n) is 10.3. The van der Waals surface area contributed by atoms with Gasteiger partial charge in [-0.1, -0.05) is 49.4 Å². The van der Waals surface area contributed by atoms with Crippen LogP contribution in [0.4, 0.5) is 10.1 Å². The predicted octanol–water partition coefficient (Wildman–Crippen LogP) is 4.96. The standard InChI is InChI=1S/C30H34FN5O4S/c1-5-15-36(41(4,38)39)26-17-23(27(37)33-20(2)22-11-13-25(31)14-12-22)16-24(18-26)28-34-35-29(40-28)30(3,32)19-21-9-7-6-8-10-21/h6-14,16-18,20H,5,15,19,32H2,1-4H3,(H,33,37)/t20-,30-/m1/s1. The predicted molar refractivity (Wildman–Crippen MR) is 156 cm³/mol. The van der Waals surface area contributed by atoms with Gasteiger partial charge in [-0.05, 0) is 68.1 Å². The monoisotopic (exact) mass is 579 g/mol. The molecule has 3 N–H and O–H groups in total. The number of nitrogens with two attached hydrogens (primary N) is 1. The lowest BCUT2D eigenvalue weighted by Gasteiger charge is -2.23. The van der Waals surface area contributed by atoms with E-state index < -0.39 is 27.5 Å². The lowest BCUT2D eigenvalue weighted by atomic mass is 9.94. The Morgan fingerprint density at radius 2 is 1.78 bits per heavy atom. The highest BCUT2D eigenvalue weighted by Crippen LogP contribution is 2.31. The number of carbonyl (C=O) groups excluding carboxylic acids is 1. The fourth-order valence-electron chi connectivity index (χ4n) is 4.48. The van der Waals surface area contributed by atoms with E-state index in [0.717, 1.165) is 11.8 Å². The topological polar surface area (TPSA) is 131 Å². The summed E-state index contributed by atoms with van der Waals surface area (Å²) in [5.74, 6) is -0.538. The number of nitrogens with one attached hydrogen (secondary N) is 1. The van der Waals surface area contributed by atoms with Crippen molar-refractivity contribution in [1.29, 1.82) is 0 Å². The first kappa shape index (κ1) is 29.9. The molecule has 216 valence electrons. The molecule has 1 amide bonds. The number of carbonyl (C=O) groups is 1. The van der Waals surface area contributed by atoms with Crippen molar-refractivity contribution in [3.8, 4) is 11.5 Å². The Bertz CT molecular complexity index is 1610. The van der Waals surface area contributed by atoms with Gasteiger partial charge < -0.3 is 15.5 Å². The van der Waals surface area contributed by atoms with E-state index in [9.17, 15) is 17.6 Å². The molecule has 1 heterocycles. The van der Waals surface area contributed by atoms with Gasteiger partial charge in [0.1, 0.15) is 5.82 Å². The molecule has 4 rings (SSSR count). The third-order valence-electron chi connectivity index (χ3n) is 6.59. The highest BCUT2D eigenvalue weighted by atomic mass is 32.2. The molecule has 41 heavy (non-hydrogen) atoms. The molecular formula is C30H34FN5O4S. The van der Waals surface area contributed by atoms with E-state index in [1.807, 2.05) is 37.3 Å². The maximum absolute atomic E-state index is 13.4. The fourth-order valence-corrected chi connectivity index (χ4v) is 5.48. The number of benzene rings is 3. The van der Waals surface area contributed by atoms with Gasteiger partial charge in [0.2, 0.25) is 21.8 Å². The Balaban J connectivity index is 1.71. The van der Waals surface area contributed by atoms with Crippen LogP contribution in [0.25, 0.3) is 11.5 Å². The number of hydrogen-bond acceptors (Lipinski definition) is 7. The van der Waals surface area contributed by atoms with Crippen molar-refractivity contribution < 1.29 is 22.0 Å². The lowest BCUT2D eigenvalue weighted by Crippen LogP contribution is -2.35. The number of aromatic nitrogens is 2. The molecule has 0 radical (unpaired) electrons. The van der Waals surface area contributed by atoms with Gasteiger partial charge in [-0.25, -0.2) is 12.8 Å². The van der Waals surface area contributed by atoms with Crippen molar-refractivity contribution in [3.05, 3.63) is 101 Å². The van der Waals surface area contributed by atoms with Gasteiger partial charge in [0.25, 0.3) is 5.91 Å². The molecule has 4 aromatic rings. The molecule has 0 spiro atoms. The fraction of sp³-hybridized carbons (Fsp3) is 0.300. The minimum atomic E-state index is -3.66. The number of sulfonamides is 1. The molecule has 9 nitrogen and oxygen atoms in total. The molecule has 2 atom stereocenters. The summed E-state index contributed by atoms with van der Waals surface area (Å²) in [6, 6.07) is 19.7. The highest BCUT2D eigenvalue weighted by Gasteiger charge is 2.29. The second-order valence-corrected chi connectivity index (χ2v) is 12.2. The largest absolute Gasteiger partial charge is 0.419 e. The first-order chi connectivity index (χ1) is 19.4. The Morgan fingerprint density at radius 1 is 1.10 bits per heavy atom. The number of amides is 1. The summed E-state index contributed by atoms with van der Waals surface area (Å²) in [7, 11) is -3.66. The van der Waals surface area contributed by atoms with E-state index in [2.05, 4.69) is 15.5 Å². The third kappa shape index (κ3) is 7.36. The lowest BCUT2D eigenvalue weighted by molar-refractivity contribution is 0.0940. The smallest absolute Gasteiger partial charge is 0.251 e. The van der Waals surface area contributed by atoms with Crippen LogP contribution < -0.4 is 15.4 Å². The molecule has 0 aliphatic heterocycles. The summed E-state index contributed by atoms with van der Waals surface area (Å²) in [4.78, 5) is 13.4. The Morgan fingerprint density at radius 3 is 2.41 bits per heavy atom. The summed E-state index contributed by atoms with van der Waals surface area (Å²) in [6.07, 6.45) is 2.11. The minimum Gasteiger partial charge on any atom is -0.419 e. The zero-order valence-corrected chi connectivity index (χ0v) is 24.3. The number of hydrogen-bond donors (Lipinski definition) is 2. The van der Waals surface area contributed by atoms with Crippen LogP contribution in [0.3, 0.4) is 0 Å². The van der Waals surface area contributed by atoms with Gasteiger partial charge in [0, 0.05) is 17.7 Å². The second kappa shape index (κ2) is 12.2. The van der Waals surface area contributed by atoms with Crippen molar-refractivity contribution in [3.63, 3.8) is 0 Å². The molecule has 1 aromatic heterocycles. The van der Waals surface area contributed by atoms with Crippen LogP contribution in [0, 0.1) is 5.82 Å². The summed E-state index contributed by atoms with van der Waals surface area (Å²) in [6.45, 7) is 5.63. The summed E-state index contributed by atoms with van der Waals surface area (Å²) in [5.41, 5.74) is 8.13. The summed E-state index contributed by atoms with van der Waals surface area (Å²) >= 11 is 0. The van der Waals surface area contributed by atoms with Gasteiger partial charge in [0.15, 0.2) is 0 Å². The van der Waals surface area contributed by atoms with Gasteiger partial charge in [-0.3, -0.25) is 9.10 Å². The Kier molecular flexibility index (Phi) is 8.89. The SMILES string of the molecule is CCCN(c1cc(C(=O)N[C@H](C)c2ccc(F)cc2)cc(-c2nnc([C@](C)(N)Cc3ccccc3)o2)c1)S(C)(=O)=O. The molecule has 0 bridgehead atoms. The quantitative estimate of drug-likeness (QED) is 0.257. The van der Waals surface area contributed by atoms with Crippen LogP contribution in [0.15, 0.2) is 77.2 Å². The third-order valence-corrected chi connectivity index (χ3v) is 7.78. The van der Waals surface area contributed by atoms with Gasteiger partial charge in [-0.2, -0.15) is 0 Å². The number of nitrogens with zero attached hydrogens (tertiary/aromatic N) is 3. The van der Waals surface area contributed by atoms with Crippen LogP contribution in [-0.2, 0) is 22.0 Å². The van der Waals surface area contributed by atoms with Crippen molar-refractivity contribution in [2.24, 2.45) is 5.73 Å². The molecule has 0 aliphatic carbocycles. The van der Waals surface area contributed by atoms with Crippen LogP contribution in [0.5, 0.6) is 0 Å². The number of halogens is 1. The van der Waals surface area contributed by atoms with E-state index in [4.69, 9.17) is 10.2 Å². The maximum atomic E-state index is 13.4. The van der Waals surface area contributed by atoms with E-state index >= 15 is 0 Å². The average molecular weight is 580 g/mol. The molecule has 11 heteroatoms. The number of rotatable bonds is 11. The van der Waals surface area contributed by atoms with Crippen molar-refractivity contribution in [1.82, 2.24) is 15.5 Å². The molecule has 0 saturated heterocycles. The first-order valence-electron chi connectivity index (χ1n) is 13.2. The van der Waals surface area contributed by atoms with Gasteiger partial charge in [-0.15, -0.1) is 10.2 Å². The van der Waals surface area contributed by atoms with Gasteiger partial charge >= 0.3 is 0 Å². The van der Waals surface area contributed by atoms with Crippen LogP contribution in [0.2, 0.25) is 0 Å². The molecule has 3 aromatic carbocycles. The van der Waals surface area contributed by atoms with Crippen LogP contribution >= 0.6 is 0 Å². The normalized spacial score (nSPS) is 13.8. The zero-order valence-electron chi connectivity index (χ0n) is 23.5. The molecule has 0 saturated carbocycles. The van der Waals surface area contributed by atoms with Crippen molar-refractivity contribution >= 4 is 21.6 Å². The Hall–Kier alpha value is -4.09. The van der Waals surface area contributed by atoms with Crippen molar-refractivity contribution in [2.75, 3.05) is 17.1 Å². The molecule has 0 unspecified atom stereocenters. The first-order valence-corrected chi connectivity index (χ1v) is 15.1. The summed E-state index contributed by atoms with van der Waals surface area (Å²) < 4.78 is 46.0. The zero-order chi connectivity index (χ0) is 29.8. The summed E-state index contributed by atoms with van der Waals surface area (Å²) in [5, 5.41) is 11.3. The van der Waals surface area contributed by atoms with E-state index in [-0.39, 0.29) is 35.4 Å². The molecule has 0 aliphatic rings. The van der Waals surface area contributed by atoms with Crippen molar-refractivity contribution in [2.45, 2.75) is 45.2 Å². The average Bonchev–Trinajstić information content (AvgIpc) is 3.43. The molecular weight excluding hydrogens is 545 g/mol. The van der Waals surface area contributed by atoms with E-state index in [0.29, 0.717) is 24.0 Å². The minimum absolute atomic E-state index is 0.0946. The number of anilines is 1. The van der Waals surface area contributed by atoms with Gasteiger partial charge in [0.05, 0.1) is 23.5 Å².